The maximum absolute atomic E-state index is 11.8. The average Bonchev–Trinajstić information content (AvgIpc) is 2.58. The Morgan fingerprint density at radius 3 is 2.57 bits per heavy atom. The number of benzene rings is 2. The van der Waals surface area contributed by atoms with Gasteiger partial charge < -0.3 is 10.1 Å². The topological polar surface area (TPSA) is 55.4 Å². The molecule has 1 atom stereocenters. The molecule has 2 aromatic carbocycles. The molecular formula is C18H18ClNO3. The first-order valence-corrected chi connectivity index (χ1v) is 7.68. The van der Waals surface area contributed by atoms with Gasteiger partial charge in [-0.3, -0.25) is 4.79 Å². The summed E-state index contributed by atoms with van der Waals surface area (Å²) in [7, 11) is 0. The third-order valence-electron chi connectivity index (χ3n) is 3.37. The first-order chi connectivity index (χ1) is 11.1. The van der Waals surface area contributed by atoms with E-state index in [2.05, 4.69) is 5.32 Å². The minimum atomic E-state index is -0.571. The molecule has 23 heavy (non-hydrogen) atoms. The van der Waals surface area contributed by atoms with E-state index in [-0.39, 0.29) is 18.4 Å². The molecule has 0 saturated heterocycles. The monoisotopic (exact) mass is 331 g/mol. The predicted molar refractivity (Wildman–Crippen MR) is 89.6 cm³/mol. The Labute approximate surface area is 140 Å². The lowest BCUT2D eigenvalue weighted by Crippen LogP contribution is -2.31. The van der Waals surface area contributed by atoms with Gasteiger partial charge in [0, 0.05) is 11.6 Å². The van der Waals surface area contributed by atoms with Crippen molar-refractivity contribution in [1.29, 1.82) is 0 Å². The lowest BCUT2D eigenvalue weighted by molar-refractivity contribution is -0.124. The smallest absolute Gasteiger partial charge is 0.338 e. The van der Waals surface area contributed by atoms with Crippen LogP contribution >= 0.6 is 11.6 Å². The van der Waals surface area contributed by atoms with E-state index in [0.29, 0.717) is 17.1 Å². The fourth-order valence-electron chi connectivity index (χ4n) is 2.05. The molecule has 0 aliphatic rings. The zero-order valence-electron chi connectivity index (χ0n) is 12.8. The molecule has 0 unspecified atom stereocenters. The second-order valence-electron chi connectivity index (χ2n) is 5.20. The standard InChI is InChI=1S/C18H18ClNO3/c1-13(14-6-3-2-4-7-14)11-20-17(21)12-23-18(22)15-8-5-9-16(19)10-15/h2-10,13H,11-12H2,1H3,(H,20,21)/t13-/m0/s1. The van der Waals surface area contributed by atoms with Gasteiger partial charge in [0.15, 0.2) is 6.61 Å². The van der Waals surface area contributed by atoms with Gasteiger partial charge >= 0.3 is 5.97 Å². The van der Waals surface area contributed by atoms with Crippen molar-refractivity contribution in [3.8, 4) is 0 Å². The average molecular weight is 332 g/mol. The highest BCUT2D eigenvalue weighted by atomic mass is 35.5. The zero-order chi connectivity index (χ0) is 16.7. The van der Waals surface area contributed by atoms with Gasteiger partial charge in [-0.1, -0.05) is 54.9 Å². The summed E-state index contributed by atoms with van der Waals surface area (Å²) in [5.74, 6) is -0.717. The van der Waals surface area contributed by atoms with Crippen LogP contribution in [-0.4, -0.2) is 25.0 Å². The molecule has 0 bridgehead atoms. The highest BCUT2D eigenvalue weighted by Gasteiger charge is 2.12. The van der Waals surface area contributed by atoms with Crippen LogP contribution in [0.5, 0.6) is 0 Å². The fraction of sp³-hybridized carbons (Fsp3) is 0.222. The number of ether oxygens (including phenoxy) is 1. The van der Waals surface area contributed by atoms with E-state index in [1.165, 1.54) is 6.07 Å². The summed E-state index contributed by atoms with van der Waals surface area (Å²) in [5.41, 5.74) is 1.46. The van der Waals surface area contributed by atoms with Crippen LogP contribution in [-0.2, 0) is 9.53 Å². The van der Waals surface area contributed by atoms with Crippen LogP contribution in [0.2, 0.25) is 5.02 Å². The Morgan fingerprint density at radius 2 is 1.87 bits per heavy atom. The summed E-state index contributed by atoms with van der Waals surface area (Å²) in [6.07, 6.45) is 0. The van der Waals surface area contributed by atoms with Crippen molar-refractivity contribution >= 4 is 23.5 Å². The van der Waals surface area contributed by atoms with Crippen molar-refractivity contribution in [2.75, 3.05) is 13.2 Å². The molecule has 5 heteroatoms. The Balaban J connectivity index is 1.76. The summed E-state index contributed by atoms with van der Waals surface area (Å²) in [6, 6.07) is 16.3. The number of esters is 1. The third kappa shape index (κ3) is 5.42. The molecule has 120 valence electrons. The number of carbonyl (C=O) groups excluding carboxylic acids is 2. The molecule has 0 aliphatic carbocycles. The van der Waals surface area contributed by atoms with Gasteiger partial charge in [0.05, 0.1) is 5.56 Å². The molecule has 0 spiro atoms. The Morgan fingerprint density at radius 1 is 1.13 bits per heavy atom. The van der Waals surface area contributed by atoms with Gasteiger partial charge in [0.25, 0.3) is 5.91 Å². The third-order valence-corrected chi connectivity index (χ3v) is 3.60. The highest BCUT2D eigenvalue weighted by molar-refractivity contribution is 6.30. The van der Waals surface area contributed by atoms with Crippen molar-refractivity contribution in [3.05, 3.63) is 70.7 Å². The van der Waals surface area contributed by atoms with Crippen molar-refractivity contribution in [1.82, 2.24) is 5.32 Å². The van der Waals surface area contributed by atoms with Crippen LogP contribution in [0.15, 0.2) is 54.6 Å². The SMILES string of the molecule is C[C@@H](CNC(=O)COC(=O)c1cccc(Cl)c1)c1ccccc1. The molecule has 0 heterocycles. The lowest BCUT2D eigenvalue weighted by atomic mass is 10.0. The largest absolute Gasteiger partial charge is 0.452 e. The number of hydrogen-bond donors (Lipinski definition) is 1. The van der Waals surface area contributed by atoms with Gasteiger partial charge in [-0.25, -0.2) is 4.79 Å². The lowest BCUT2D eigenvalue weighted by Gasteiger charge is -2.13. The molecule has 0 radical (unpaired) electrons. The Kier molecular flexibility index (Phi) is 6.18. The molecule has 0 aliphatic heterocycles. The number of nitrogens with one attached hydrogen (secondary N) is 1. The summed E-state index contributed by atoms with van der Waals surface area (Å²) >= 11 is 5.81. The summed E-state index contributed by atoms with van der Waals surface area (Å²) in [4.78, 5) is 23.6. The van der Waals surface area contributed by atoms with E-state index >= 15 is 0 Å². The van der Waals surface area contributed by atoms with Crippen molar-refractivity contribution < 1.29 is 14.3 Å². The number of hydrogen-bond acceptors (Lipinski definition) is 3. The van der Waals surface area contributed by atoms with Crippen molar-refractivity contribution in [2.24, 2.45) is 0 Å². The van der Waals surface area contributed by atoms with Crippen molar-refractivity contribution in [2.45, 2.75) is 12.8 Å². The quantitative estimate of drug-likeness (QED) is 0.825. The molecule has 0 aromatic heterocycles. The van der Waals surface area contributed by atoms with Crippen LogP contribution in [0, 0.1) is 0 Å². The summed E-state index contributed by atoms with van der Waals surface area (Å²) in [5, 5.41) is 3.20. The van der Waals surface area contributed by atoms with Crippen LogP contribution < -0.4 is 5.32 Å². The summed E-state index contributed by atoms with van der Waals surface area (Å²) < 4.78 is 4.97. The maximum atomic E-state index is 11.8. The van der Waals surface area contributed by atoms with Gasteiger partial charge in [0.2, 0.25) is 0 Å². The molecule has 1 amide bonds. The fourth-order valence-corrected chi connectivity index (χ4v) is 2.24. The molecule has 1 N–H and O–H groups in total. The van der Waals surface area contributed by atoms with E-state index in [1.807, 2.05) is 37.3 Å². The number of carbonyl (C=O) groups is 2. The normalized spacial score (nSPS) is 11.6. The number of amides is 1. The second kappa shape index (κ2) is 8.34. The molecule has 0 fully saturated rings. The van der Waals surface area contributed by atoms with Gasteiger partial charge in [0.1, 0.15) is 0 Å². The van der Waals surface area contributed by atoms with Crippen LogP contribution in [0.25, 0.3) is 0 Å². The summed E-state index contributed by atoms with van der Waals surface area (Å²) in [6.45, 7) is 2.19. The minimum absolute atomic E-state index is 0.184. The van der Waals surface area contributed by atoms with Crippen LogP contribution in [0.4, 0.5) is 0 Å². The van der Waals surface area contributed by atoms with Gasteiger partial charge in [-0.05, 0) is 29.7 Å². The van der Waals surface area contributed by atoms with Crippen molar-refractivity contribution in [3.63, 3.8) is 0 Å². The first kappa shape index (κ1) is 17.0. The number of rotatable bonds is 6. The van der Waals surface area contributed by atoms with E-state index in [9.17, 15) is 9.59 Å². The zero-order valence-corrected chi connectivity index (χ0v) is 13.5. The number of halogens is 1. The highest BCUT2D eigenvalue weighted by Crippen LogP contribution is 2.13. The van der Waals surface area contributed by atoms with Gasteiger partial charge in [-0.2, -0.15) is 0 Å². The molecule has 4 nitrogen and oxygen atoms in total. The van der Waals surface area contributed by atoms with E-state index < -0.39 is 5.97 Å². The van der Waals surface area contributed by atoms with E-state index in [1.54, 1.807) is 18.2 Å². The Bertz CT molecular complexity index is 673. The maximum Gasteiger partial charge on any atom is 0.338 e. The first-order valence-electron chi connectivity index (χ1n) is 7.30. The minimum Gasteiger partial charge on any atom is -0.452 e. The van der Waals surface area contributed by atoms with Crippen LogP contribution in [0.3, 0.4) is 0 Å². The molecule has 2 aromatic rings. The van der Waals surface area contributed by atoms with E-state index in [4.69, 9.17) is 16.3 Å². The molecule has 0 saturated carbocycles. The predicted octanol–water partition coefficient (Wildman–Crippen LogP) is 3.42. The molecular weight excluding hydrogens is 314 g/mol. The van der Waals surface area contributed by atoms with Crippen LogP contribution in [0.1, 0.15) is 28.8 Å². The van der Waals surface area contributed by atoms with E-state index in [0.717, 1.165) is 5.56 Å². The second-order valence-corrected chi connectivity index (χ2v) is 5.64. The van der Waals surface area contributed by atoms with Gasteiger partial charge in [-0.15, -0.1) is 0 Å². The Hall–Kier alpha value is -2.33. The molecule has 2 rings (SSSR count).